The molecule has 2 aromatic rings. The highest BCUT2D eigenvalue weighted by Gasteiger charge is 2.26. The van der Waals surface area contributed by atoms with E-state index in [9.17, 15) is 13.2 Å². The van der Waals surface area contributed by atoms with Crippen molar-refractivity contribution in [2.75, 3.05) is 33.3 Å². The molecule has 0 N–H and O–H groups in total. The Hall–Kier alpha value is -2.09. The molecule has 1 heterocycles. The molecule has 1 amide bonds. The predicted octanol–water partition coefficient (Wildman–Crippen LogP) is 4.06. The van der Waals surface area contributed by atoms with Crippen LogP contribution in [-0.2, 0) is 10.0 Å². The van der Waals surface area contributed by atoms with E-state index in [-0.39, 0.29) is 10.8 Å². The van der Waals surface area contributed by atoms with Gasteiger partial charge in [0.15, 0.2) is 0 Å². The minimum atomic E-state index is -3.60. The number of hydrogen-bond acceptors (Lipinski definition) is 4. The molecule has 1 aliphatic heterocycles. The maximum absolute atomic E-state index is 13.0. The van der Waals surface area contributed by atoms with Crippen LogP contribution < -0.4 is 4.74 Å². The van der Waals surface area contributed by atoms with E-state index in [1.165, 1.54) is 15.3 Å². The van der Waals surface area contributed by atoms with Gasteiger partial charge in [0.2, 0.25) is 10.0 Å². The molecule has 2 aromatic carbocycles. The fourth-order valence-corrected chi connectivity index (χ4v) is 5.06. The Morgan fingerprint density at radius 2 is 1.73 bits per heavy atom. The van der Waals surface area contributed by atoms with Crippen LogP contribution in [0.1, 0.15) is 36.0 Å². The van der Waals surface area contributed by atoms with E-state index < -0.39 is 10.0 Å². The van der Waals surface area contributed by atoms with Crippen LogP contribution in [0, 0.1) is 0 Å². The smallest absolute Gasteiger partial charge is 0.253 e. The molecule has 162 valence electrons. The SMILES string of the molecule is CN(CCOc1ccc(Cl)cc1)C(=O)c1cccc(S(=O)(=O)N2CCCCCC2)c1. The molecule has 8 heteroatoms. The third kappa shape index (κ3) is 5.74. The number of hydrogen-bond donors (Lipinski definition) is 0. The fraction of sp³-hybridized carbons (Fsp3) is 0.409. The number of sulfonamides is 1. The summed E-state index contributed by atoms with van der Waals surface area (Å²) in [6.45, 7) is 1.74. The van der Waals surface area contributed by atoms with Crippen molar-refractivity contribution in [1.82, 2.24) is 9.21 Å². The van der Waals surface area contributed by atoms with Crippen molar-refractivity contribution >= 4 is 27.5 Å². The third-order valence-electron chi connectivity index (χ3n) is 5.14. The van der Waals surface area contributed by atoms with Crippen molar-refractivity contribution in [3.05, 3.63) is 59.1 Å². The van der Waals surface area contributed by atoms with Gasteiger partial charge in [-0.1, -0.05) is 30.5 Å². The molecule has 0 radical (unpaired) electrons. The minimum absolute atomic E-state index is 0.168. The summed E-state index contributed by atoms with van der Waals surface area (Å²) in [5.74, 6) is 0.424. The molecule has 0 bridgehead atoms. The zero-order valence-corrected chi connectivity index (χ0v) is 18.7. The first-order valence-electron chi connectivity index (χ1n) is 10.1. The Bertz CT molecular complexity index is 955. The first-order valence-corrected chi connectivity index (χ1v) is 11.9. The van der Waals surface area contributed by atoms with Crippen LogP contribution >= 0.6 is 11.6 Å². The molecule has 3 rings (SSSR count). The summed E-state index contributed by atoms with van der Waals surface area (Å²) >= 11 is 5.85. The normalized spacial score (nSPS) is 15.4. The fourth-order valence-electron chi connectivity index (χ4n) is 3.37. The number of nitrogens with zero attached hydrogens (tertiary/aromatic N) is 2. The highest BCUT2D eigenvalue weighted by molar-refractivity contribution is 7.89. The second-order valence-electron chi connectivity index (χ2n) is 7.38. The molecule has 0 saturated carbocycles. The van der Waals surface area contributed by atoms with Gasteiger partial charge in [0, 0.05) is 30.7 Å². The van der Waals surface area contributed by atoms with E-state index in [4.69, 9.17) is 16.3 Å². The summed E-state index contributed by atoms with van der Waals surface area (Å²) in [7, 11) is -1.93. The average molecular weight is 451 g/mol. The van der Waals surface area contributed by atoms with E-state index in [1.54, 1.807) is 49.5 Å². The molecule has 1 fully saturated rings. The van der Waals surface area contributed by atoms with Crippen molar-refractivity contribution in [3.63, 3.8) is 0 Å². The molecular formula is C22H27ClN2O4S. The van der Waals surface area contributed by atoms with Crippen LogP contribution in [0.5, 0.6) is 5.75 Å². The summed E-state index contributed by atoms with van der Waals surface area (Å²) < 4.78 is 33.2. The molecule has 1 aliphatic rings. The second kappa shape index (κ2) is 10.3. The Balaban J connectivity index is 1.63. The molecule has 1 saturated heterocycles. The molecule has 30 heavy (non-hydrogen) atoms. The first kappa shape index (κ1) is 22.6. The van der Waals surface area contributed by atoms with E-state index in [2.05, 4.69) is 0 Å². The number of rotatable bonds is 7. The highest BCUT2D eigenvalue weighted by Crippen LogP contribution is 2.21. The van der Waals surface area contributed by atoms with Gasteiger partial charge in [0.1, 0.15) is 12.4 Å². The van der Waals surface area contributed by atoms with Gasteiger partial charge in [-0.3, -0.25) is 4.79 Å². The van der Waals surface area contributed by atoms with Gasteiger partial charge in [-0.15, -0.1) is 0 Å². The predicted molar refractivity (Wildman–Crippen MR) is 118 cm³/mol. The molecule has 0 aromatic heterocycles. The number of halogens is 1. The number of carbonyl (C=O) groups is 1. The topological polar surface area (TPSA) is 66.9 Å². The molecule has 0 unspecified atom stereocenters. The lowest BCUT2D eigenvalue weighted by atomic mass is 10.2. The standard InChI is InChI=1S/C22H27ClN2O4S/c1-24(15-16-29-20-11-9-19(23)10-12-20)22(26)18-7-6-8-21(17-18)30(27,28)25-13-4-2-3-5-14-25/h6-12,17H,2-5,13-16H2,1H3. The summed E-state index contributed by atoms with van der Waals surface area (Å²) in [5, 5.41) is 0.629. The van der Waals surface area contributed by atoms with Gasteiger partial charge in [-0.05, 0) is 55.3 Å². The number of carbonyl (C=O) groups excluding carboxylic acids is 1. The van der Waals surface area contributed by atoms with Gasteiger partial charge in [-0.2, -0.15) is 4.31 Å². The molecule has 0 aliphatic carbocycles. The Labute approximate surface area is 183 Å². The zero-order valence-electron chi connectivity index (χ0n) is 17.1. The van der Waals surface area contributed by atoms with Gasteiger partial charge >= 0.3 is 0 Å². The van der Waals surface area contributed by atoms with Gasteiger partial charge in [0.25, 0.3) is 5.91 Å². The summed E-state index contributed by atoms with van der Waals surface area (Å²) in [6.07, 6.45) is 3.84. The van der Waals surface area contributed by atoms with Crippen molar-refractivity contribution in [2.24, 2.45) is 0 Å². The lowest BCUT2D eigenvalue weighted by Crippen LogP contribution is -2.33. The van der Waals surface area contributed by atoms with Gasteiger partial charge in [0.05, 0.1) is 11.4 Å². The van der Waals surface area contributed by atoms with Crippen LogP contribution in [0.3, 0.4) is 0 Å². The van der Waals surface area contributed by atoms with E-state index >= 15 is 0 Å². The Morgan fingerprint density at radius 1 is 1.07 bits per heavy atom. The van der Waals surface area contributed by atoms with Gasteiger partial charge in [-0.25, -0.2) is 8.42 Å². The summed E-state index contributed by atoms with van der Waals surface area (Å²) in [4.78, 5) is 14.5. The number of ether oxygens (including phenoxy) is 1. The minimum Gasteiger partial charge on any atom is -0.492 e. The van der Waals surface area contributed by atoms with Crippen LogP contribution in [0.25, 0.3) is 0 Å². The van der Waals surface area contributed by atoms with Crippen molar-refractivity contribution in [2.45, 2.75) is 30.6 Å². The van der Waals surface area contributed by atoms with E-state index in [0.717, 1.165) is 25.7 Å². The maximum atomic E-state index is 13.0. The van der Waals surface area contributed by atoms with Crippen LogP contribution in [0.15, 0.2) is 53.4 Å². The van der Waals surface area contributed by atoms with Crippen LogP contribution in [0.2, 0.25) is 5.02 Å². The molecule has 0 spiro atoms. The van der Waals surface area contributed by atoms with Crippen LogP contribution in [-0.4, -0.2) is 56.8 Å². The first-order chi connectivity index (χ1) is 14.4. The lowest BCUT2D eigenvalue weighted by Gasteiger charge is -2.21. The summed E-state index contributed by atoms with van der Waals surface area (Å²) in [6, 6.07) is 13.3. The number of amides is 1. The molecule has 6 nitrogen and oxygen atoms in total. The lowest BCUT2D eigenvalue weighted by molar-refractivity contribution is 0.0773. The average Bonchev–Trinajstić information content (AvgIpc) is 3.05. The molecule has 0 atom stereocenters. The van der Waals surface area contributed by atoms with Gasteiger partial charge < -0.3 is 9.64 Å². The Morgan fingerprint density at radius 3 is 2.40 bits per heavy atom. The highest BCUT2D eigenvalue weighted by atomic mass is 35.5. The van der Waals surface area contributed by atoms with Crippen LogP contribution in [0.4, 0.5) is 0 Å². The summed E-state index contributed by atoms with van der Waals surface area (Å²) in [5.41, 5.74) is 0.347. The monoisotopic (exact) mass is 450 g/mol. The zero-order chi connectivity index (χ0) is 21.6. The Kier molecular flexibility index (Phi) is 7.75. The second-order valence-corrected chi connectivity index (χ2v) is 9.75. The van der Waals surface area contributed by atoms with E-state index in [0.29, 0.717) is 42.6 Å². The van der Waals surface area contributed by atoms with Crippen molar-refractivity contribution in [3.8, 4) is 5.75 Å². The van der Waals surface area contributed by atoms with Crippen molar-refractivity contribution in [1.29, 1.82) is 0 Å². The number of benzene rings is 2. The largest absolute Gasteiger partial charge is 0.492 e. The van der Waals surface area contributed by atoms with E-state index in [1.807, 2.05) is 0 Å². The number of likely N-dealkylation sites (N-methyl/N-ethyl adjacent to an activating group) is 1. The van der Waals surface area contributed by atoms with Crippen molar-refractivity contribution < 1.29 is 17.9 Å². The molecular weight excluding hydrogens is 424 g/mol. The maximum Gasteiger partial charge on any atom is 0.253 e. The third-order valence-corrected chi connectivity index (χ3v) is 7.29. The quantitative estimate of drug-likeness (QED) is 0.638.